The molecule has 19 heavy (non-hydrogen) atoms. The molecule has 0 saturated heterocycles. The molecule has 0 atom stereocenters. The molecule has 0 aliphatic rings. The van der Waals surface area contributed by atoms with Gasteiger partial charge in [0.25, 0.3) is 0 Å². The van der Waals surface area contributed by atoms with Crippen molar-refractivity contribution < 1.29 is 0 Å². The molecule has 0 unspecified atom stereocenters. The Morgan fingerprint density at radius 3 is 2.16 bits per heavy atom. The van der Waals surface area contributed by atoms with E-state index >= 15 is 0 Å². The number of hydrogen-bond acceptors (Lipinski definition) is 1. The zero-order chi connectivity index (χ0) is 14.7. The van der Waals surface area contributed by atoms with Gasteiger partial charge >= 0.3 is 0 Å². The Balaban J connectivity index is 2.74. The van der Waals surface area contributed by atoms with Gasteiger partial charge in [-0.15, -0.1) is 0 Å². The van der Waals surface area contributed by atoms with Crippen molar-refractivity contribution in [3.63, 3.8) is 0 Å². The van der Waals surface area contributed by atoms with Gasteiger partial charge in [0.15, 0.2) is 5.96 Å². The van der Waals surface area contributed by atoms with E-state index in [-0.39, 0.29) is 11.0 Å². The van der Waals surface area contributed by atoms with Crippen LogP contribution in [0.4, 0.5) is 0 Å². The minimum atomic E-state index is -0.0746. The molecule has 1 rings (SSSR count). The molecule has 3 N–H and O–H groups in total. The van der Waals surface area contributed by atoms with E-state index in [1.54, 1.807) is 0 Å². The van der Waals surface area contributed by atoms with Crippen molar-refractivity contribution in [1.82, 2.24) is 5.32 Å². The normalized spacial score (nSPS) is 13.5. The summed E-state index contributed by atoms with van der Waals surface area (Å²) in [5.41, 5.74) is 6.94. The SMILES string of the molecule is CC(C)(C)NC(N)=NCC(C)(C)c1ccc(Cl)cc1. The van der Waals surface area contributed by atoms with E-state index in [0.29, 0.717) is 12.5 Å². The topological polar surface area (TPSA) is 50.4 Å². The average molecular weight is 282 g/mol. The van der Waals surface area contributed by atoms with Crippen LogP contribution in [0.2, 0.25) is 5.02 Å². The number of aliphatic imine (C=N–C) groups is 1. The lowest BCUT2D eigenvalue weighted by Crippen LogP contribution is -2.45. The van der Waals surface area contributed by atoms with E-state index < -0.39 is 0 Å². The summed E-state index contributed by atoms with van der Waals surface area (Å²) in [6.07, 6.45) is 0. The van der Waals surface area contributed by atoms with Crippen molar-refractivity contribution >= 4 is 17.6 Å². The molecule has 0 bridgehead atoms. The van der Waals surface area contributed by atoms with E-state index in [4.69, 9.17) is 17.3 Å². The highest BCUT2D eigenvalue weighted by Crippen LogP contribution is 2.24. The van der Waals surface area contributed by atoms with Crippen LogP contribution >= 0.6 is 11.6 Å². The predicted octanol–water partition coefficient (Wildman–Crippen LogP) is 3.32. The maximum absolute atomic E-state index is 5.90. The van der Waals surface area contributed by atoms with Crippen molar-refractivity contribution in [3.05, 3.63) is 34.9 Å². The summed E-state index contributed by atoms with van der Waals surface area (Å²) in [4.78, 5) is 4.43. The van der Waals surface area contributed by atoms with Gasteiger partial charge in [0, 0.05) is 16.0 Å². The summed E-state index contributed by atoms with van der Waals surface area (Å²) in [5, 5.41) is 3.91. The summed E-state index contributed by atoms with van der Waals surface area (Å²) in [5.74, 6) is 0.481. The first kappa shape index (κ1) is 15.8. The number of guanidine groups is 1. The third-order valence-corrected chi connectivity index (χ3v) is 3.03. The van der Waals surface area contributed by atoms with Gasteiger partial charge in [-0.2, -0.15) is 0 Å². The van der Waals surface area contributed by atoms with Crippen molar-refractivity contribution in [1.29, 1.82) is 0 Å². The van der Waals surface area contributed by atoms with Gasteiger partial charge in [0.2, 0.25) is 0 Å². The first-order chi connectivity index (χ1) is 8.60. The fourth-order valence-corrected chi connectivity index (χ4v) is 1.82. The summed E-state index contributed by atoms with van der Waals surface area (Å²) in [6.45, 7) is 11.1. The van der Waals surface area contributed by atoms with Crippen molar-refractivity contribution in [2.24, 2.45) is 10.7 Å². The predicted molar refractivity (Wildman–Crippen MR) is 83.9 cm³/mol. The molecule has 0 spiro atoms. The van der Waals surface area contributed by atoms with Gasteiger partial charge in [-0.05, 0) is 38.5 Å². The number of halogens is 1. The van der Waals surface area contributed by atoms with Crippen LogP contribution in [0.15, 0.2) is 29.3 Å². The maximum atomic E-state index is 5.90. The van der Waals surface area contributed by atoms with Crippen molar-refractivity contribution in [3.8, 4) is 0 Å². The lowest BCUT2D eigenvalue weighted by atomic mass is 9.85. The highest BCUT2D eigenvalue weighted by atomic mass is 35.5. The second kappa shape index (κ2) is 5.83. The van der Waals surface area contributed by atoms with Crippen LogP contribution in [0.3, 0.4) is 0 Å². The number of hydrogen-bond donors (Lipinski definition) is 2. The molecule has 106 valence electrons. The minimum Gasteiger partial charge on any atom is -0.370 e. The molecule has 0 saturated carbocycles. The monoisotopic (exact) mass is 281 g/mol. The fourth-order valence-electron chi connectivity index (χ4n) is 1.70. The third-order valence-electron chi connectivity index (χ3n) is 2.77. The third kappa shape index (κ3) is 5.52. The van der Waals surface area contributed by atoms with Crippen LogP contribution in [0.5, 0.6) is 0 Å². The smallest absolute Gasteiger partial charge is 0.189 e. The highest BCUT2D eigenvalue weighted by Gasteiger charge is 2.20. The van der Waals surface area contributed by atoms with E-state index in [0.717, 1.165) is 5.02 Å². The summed E-state index contributed by atoms with van der Waals surface area (Å²) < 4.78 is 0. The molecular formula is C15H24ClN3. The summed E-state index contributed by atoms with van der Waals surface area (Å²) >= 11 is 5.90. The summed E-state index contributed by atoms with van der Waals surface area (Å²) in [6, 6.07) is 7.87. The largest absolute Gasteiger partial charge is 0.370 e. The molecule has 1 aromatic rings. The molecule has 0 heterocycles. The van der Waals surface area contributed by atoms with Crippen LogP contribution in [0, 0.1) is 0 Å². The van der Waals surface area contributed by atoms with E-state index in [2.05, 4.69) is 44.9 Å². The molecule has 0 radical (unpaired) electrons. The Bertz CT molecular complexity index is 441. The quantitative estimate of drug-likeness (QED) is 0.660. The summed E-state index contributed by atoms with van der Waals surface area (Å²) in [7, 11) is 0. The molecule has 0 aliphatic heterocycles. The van der Waals surface area contributed by atoms with Crippen molar-refractivity contribution in [2.45, 2.75) is 45.6 Å². The minimum absolute atomic E-state index is 0.0714. The van der Waals surface area contributed by atoms with Crippen LogP contribution in [-0.4, -0.2) is 18.0 Å². The average Bonchev–Trinajstić information content (AvgIpc) is 2.25. The molecular weight excluding hydrogens is 258 g/mol. The molecule has 0 fully saturated rings. The van der Waals surface area contributed by atoms with E-state index in [9.17, 15) is 0 Å². The van der Waals surface area contributed by atoms with E-state index in [1.165, 1.54) is 5.56 Å². The van der Waals surface area contributed by atoms with Gasteiger partial charge in [-0.1, -0.05) is 37.6 Å². The standard InChI is InChI=1S/C15H24ClN3/c1-14(2,3)19-13(17)18-10-15(4,5)11-6-8-12(16)9-7-11/h6-9H,10H2,1-5H3,(H3,17,18,19). The molecule has 3 nitrogen and oxygen atoms in total. The van der Waals surface area contributed by atoms with Crippen LogP contribution in [0.1, 0.15) is 40.2 Å². The number of nitrogens with one attached hydrogen (secondary N) is 1. The Morgan fingerprint density at radius 1 is 1.16 bits per heavy atom. The number of rotatable bonds is 3. The zero-order valence-corrected chi connectivity index (χ0v) is 13.2. The second-order valence-corrected chi connectivity index (χ2v) is 6.90. The number of nitrogens with zero attached hydrogens (tertiary/aromatic N) is 1. The van der Waals surface area contributed by atoms with Gasteiger partial charge in [-0.25, -0.2) is 0 Å². The molecule has 4 heteroatoms. The Kier molecular flexibility index (Phi) is 4.86. The molecule has 0 aliphatic carbocycles. The Morgan fingerprint density at radius 2 is 1.68 bits per heavy atom. The zero-order valence-electron chi connectivity index (χ0n) is 12.4. The lowest BCUT2D eigenvalue weighted by Gasteiger charge is -2.25. The highest BCUT2D eigenvalue weighted by molar-refractivity contribution is 6.30. The molecule has 0 amide bonds. The number of benzene rings is 1. The number of nitrogens with two attached hydrogens (primary N) is 1. The maximum Gasteiger partial charge on any atom is 0.189 e. The van der Waals surface area contributed by atoms with Crippen LogP contribution in [0.25, 0.3) is 0 Å². The molecule has 0 aromatic heterocycles. The first-order valence-electron chi connectivity index (χ1n) is 6.44. The van der Waals surface area contributed by atoms with Gasteiger partial charge in [0.05, 0.1) is 6.54 Å². The first-order valence-corrected chi connectivity index (χ1v) is 6.82. The Labute approximate surface area is 121 Å². The van der Waals surface area contributed by atoms with Crippen LogP contribution < -0.4 is 11.1 Å². The van der Waals surface area contributed by atoms with Gasteiger partial charge < -0.3 is 11.1 Å². The van der Waals surface area contributed by atoms with E-state index in [1.807, 2.05) is 24.3 Å². The van der Waals surface area contributed by atoms with Gasteiger partial charge in [-0.3, -0.25) is 4.99 Å². The van der Waals surface area contributed by atoms with Crippen LogP contribution in [-0.2, 0) is 5.41 Å². The van der Waals surface area contributed by atoms with Crippen molar-refractivity contribution in [2.75, 3.05) is 6.54 Å². The Hall–Kier alpha value is -1.22. The second-order valence-electron chi connectivity index (χ2n) is 6.47. The fraction of sp³-hybridized carbons (Fsp3) is 0.533. The van der Waals surface area contributed by atoms with Gasteiger partial charge in [0.1, 0.15) is 0 Å². The molecule has 1 aromatic carbocycles. The lowest BCUT2D eigenvalue weighted by molar-refractivity contribution is 0.500.